The van der Waals surface area contributed by atoms with E-state index in [0.717, 1.165) is 18.7 Å². The minimum Gasteiger partial charge on any atom is -0.390 e. The van der Waals surface area contributed by atoms with E-state index >= 15 is 0 Å². The SMILES string of the molecule is CC(C)CC(=O)NC[C@H](O)CN1CCN(Cc2cccnc2)C[C@H]1C(=O)NC(C)(C)C. The fraction of sp³-hybridized carbons (Fsp3) is 0.696. The van der Waals surface area contributed by atoms with Gasteiger partial charge in [0, 0.05) is 63.6 Å². The van der Waals surface area contributed by atoms with Crippen LogP contribution in [-0.4, -0.2) is 82.1 Å². The topological polar surface area (TPSA) is 97.8 Å². The second kappa shape index (κ2) is 11.5. The van der Waals surface area contributed by atoms with Crippen molar-refractivity contribution >= 4 is 11.8 Å². The van der Waals surface area contributed by atoms with Gasteiger partial charge in [0.1, 0.15) is 6.04 Å². The molecule has 0 bridgehead atoms. The van der Waals surface area contributed by atoms with Crippen molar-refractivity contribution < 1.29 is 14.7 Å². The van der Waals surface area contributed by atoms with Gasteiger partial charge in [-0.25, -0.2) is 0 Å². The zero-order valence-electron chi connectivity index (χ0n) is 19.6. The van der Waals surface area contributed by atoms with Crippen LogP contribution in [0.4, 0.5) is 0 Å². The minimum atomic E-state index is -0.731. The van der Waals surface area contributed by atoms with E-state index in [0.29, 0.717) is 26.1 Å². The van der Waals surface area contributed by atoms with Gasteiger partial charge in [0.05, 0.1) is 6.10 Å². The summed E-state index contributed by atoms with van der Waals surface area (Å²) in [5.74, 6) is 0.173. The second-order valence-corrected chi connectivity index (χ2v) is 9.90. The van der Waals surface area contributed by atoms with E-state index in [2.05, 4.69) is 20.5 Å². The highest BCUT2D eigenvalue weighted by molar-refractivity contribution is 5.82. The zero-order chi connectivity index (χ0) is 23.0. The van der Waals surface area contributed by atoms with Crippen LogP contribution < -0.4 is 10.6 Å². The maximum atomic E-state index is 13.0. The Hall–Kier alpha value is -2.03. The van der Waals surface area contributed by atoms with E-state index in [9.17, 15) is 14.7 Å². The first-order valence-corrected chi connectivity index (χ1v) is 11.2. The fourth-order valence-corrected chi connectivity index (χ4v) is 3.70. The summed E-state index contributed by atoms with van der Waals surface area (Å²) in [5, 5.41) is 16.4. The van der Waals surface area contributed by atoms with E-state index in [1.165, 1.54) is 0 Å². The van der Waals surface area contributed by atoms with Crippen LogP contribution in [0.15, 0.2) is 24.5 Å². The van der Waals surface area contributed by atoms with Gasteiger partial charge >= 0.3 is 0 Å². The van der Waals surface area contributed by atoms with Crippen LogP contribution >= 0.6 is 0 Å². The Balaban J connectivity index is 1.99. The highest BCUT2D eigenvalue weighted by Gasteiger charge is 2.34. The molecule has 0 aliphatic carbocycles. The number of hydrogen-bond acceptors (Lipinski definition) is 6. The molecule has 0 unspecified atom stereocenters. The van der Waals surface area contributed by atoms with Crippen molar-refractivity contribution in [1.29, 1.82) is 0 Å². The number of hydrogen-bond donors (Lipinski definition) is 3. The standard InChI is InChI=1S/C23H39N5O3/c1-17(2)11-21(30)25-13-19(29)15-28-10-9-27(14-18-7-6-8-24-12-18)16-20(28)22(31)26-23(3,4)5/h6-8,12,17,19-20,29H,9-11,13-16H2,1-5H3,(H,25,30)(H,26,31)/t19-,20-/m0/s1. The Kier molecular flexibility index (Phi) is 9.40. The van der Waals surface area contributed by atoms with E-state index in [1.54, 1.807) is 6.20 Å². The Morgan fingerprint density at radius 2 is 2.03 bits per heavy atom. The maximum Gasteiger partial charge on any atom is 0.239 e. The smallest absolute Gasteiger partial charge is 0.239 e. The van der Waals surface area contributed by atoms with Gasteiger partial charge in [0.25, 0.3) is 0 Å². The molecule has 1 saturated heterocycles. The molecule has 0 aromatic carbocycles. The lowest BCUT2D eigenvalue weighted by Gasteiger charge is -2.42. The molecule has 1 fully saturated rings. The normalized spacial score (nSPS) is 19.3. The summed E-state index contributed by atoms with van der Waals surface area (Å²) in [5.41, 5.74) is 0.775. The van der Waals surface area contributed by atoms with Crippen LogP contribution in [0.25, 0.3) is 0 Å². The van der Waals surface area contributed by atoms with Gasteiger partial charge in [-0.3, -0.25) is 24.4 Å². The van der Waals surface area contributed by atoms with Crippen molar-refractivity contribution in [3.8, 4) is 0 Å². The molecule has 2 amide bonds. The van der Waals surface area contributed by atoms with Gasteiger partial charge in [-0.15, -0.1) is 0 Å². The van der Waals surface area contributed by atoms with Crippen LogP contribution in [0.1, 0.15) is 46.6 Å². The van der Waals surface area contributed by atoms with Crippen LogP contribution in [0.5, 0.6) is 0 Å². The predicted octanol–water partition coefficient (Wildman–Crippen LogP) is 1.01. The Labute approximate surface area is 186 Å². The number of aliphatic hydroxyl groups excluding tert-OH is 1. The molecule has 0 saturated carbocycles. The van der Waals surface area contributed by atoms with E-state index < -0.39 is 6.10 Å². The van der Waals surface area contributed by atoms with Crippen molar-refractivity contribution in [2.75, 3.05) is 32.7 Å². The number of rotatable bonds is 9. The molecule has 3 N–H and O–H groups in total. The van der Waals surface area contributed by atoms with E-state index in [1.807, 2.05) is 57.8 Å². The molecule has 8 nitrogen and oxygen atoms in total. The largest absolute Gasteiger partial charge is 0.390 e. The van der Waals surface area contributed by atoms with Gasteiger partial charge < -0.3 is 15.7 Å². The maximum absolute atomic E-state index is 13.0. The number of amides is 2. The van der Waals surface area contributed by atoms with Crippen molar-refractivity contribution in [2.45, 2.75) is 65.3 Å². The average Bonchev–Trinajstić information content (AvgIpc) is 2.66. The molecule has 0 spiro atoms. The van der Waals surface area contributed by atoms with Crippen molar-refractivity contribution in [3.05, 3.63) is 30.1 Å². The lowest BCUT2D eigenvalue weighted by molar-refractivity contribution is -0.131. The van der Waals surface area contributed by atoms with Crippen LogP contribution in [-0.2, 0) is 16.1 Å². The quantitative estimate of drug-likeness (QED) is 0.538. The molecule has 0 radical (unpaired) electrons. The molecule has 1 aliphatic rings. The Bertz CT molecular complexity index is 705. The van der Waals surface area contributed by atoms with Gasteiger partial charge in [0.2, 0.25) is 11.8 Å². The third-order valence-corrected chi connectivity index (χ3v) is 5.08. The first kappa shape index (κ1) is 25.2. The first-order chi connectivity index (χ1) is 14.5. The summed E-state index contributed by atoms with van der Waals surface area (Å²) in [4.78, 5) is 33.4. The molecule has 1 aliphatic heterocycles. The number of carbonyl (C=O) groups excluding carboxylic acids is 2. The first-order valence-electron chi connectivity index (χ1n) is 11.2. The van der Waals surface area contributed by atoms with Crippen molar-refractivity contribution in [2.24, 2.45) is 5.92 Å². The average molecular weight is 434 g/mol. The number of aliphatic hydroxyl groups is 1. The molecule has 1 aromatic heterocycles. The molecule has 1 aromatic rings. The highest BCUT2D eigenvalue weighted by atomic mass is 16.3. The predicted molar refractivity (Wildman–Crippen MR) is 121 cm³/mol. The van der Waals surface area contributed by atoms with Crippen molar-refractivity contribution in [1.82, 2.24) is 25.4 Å². The van der Waals surface area contributed by atoms with E-state index in [4.69, 9.17) is 0 Å². The number of nitrogens with one attached hydrogen (secondary N) is 2. The monoisotopic (exact) mass is 433 g/mol. The van der Waals surface area contributed by atoms with Crippen LogP contribution in [0, 0.1) is 5.92 Å². The summed E-state index contributed by atoms with van der Waals surface area (Å²) in [7, 11) is 0. The minimum absolute atomic E-state index is 0.0422. The number of β-amino-alcohol motifs (C(OH)–C–C–N with tert-alkyl or cyclic N) is 1. The van der Waals surface area contributed by atoms with Gasteiger partial charge in [-0.2, -0.15) is 0 Å². The molecule has 174 valence electrons. The summed E-state index contributed by atoms with van der Waals surface area (Å²) in [6.07, 6.45) is 3.31. The molecular formula is C23H39N5O3. The third kappa shape index (κ3) is 9.33. The van der Waals surface area contributed by atoms with Gasteiger partial charge in [-0.1, -0.05) is 19.9 Å². The molecule has 8 heteroatoms. The Morgan fingerprint density at radius 1 is 1.29 bits per heavy atom. The summed E-state index contributed by atoms with van der Waals surface area (Å²) >= 11 is 0. The van der Waals surface area contributed by atoms with E-state index in [-0.39, 0.29) is 35.9 Å². The molecular weight excluding hydrogens is 394 g/mol. The summed E-state index contributed by atoms with van der Waals surface area (Å²) < 4.78 is 0. The zero-order valence-corrected chi connectivity index (χ0v) is 19.6. The number of nitrogens with zero attached hydrogens (tertiary/aromatic N) is 3. The second-order valence-electron chi connectivity index (χ2n) is 9.90. The molecule has 2 rings (SSSR count). The lowest BCUT2D eigenvalue weighted by Crippen LogP contribution is -2.62. The highest BCUT2D eigenvalue weighted by Crippen LogP contribution is 2.15. The molecule has 31 heavy (non-hydrogen) atoms. The number of aromatic nitrogens is 1. The molecule has 2 heterocycles. The summed E-state index contributed by atoms with van der Waals surface area (Å²) in [6.45, 7) is 13.1. The number of carbonyl (C=O) groups is 2. The van der Waals surface area contributed by atoms with Gasteiger partial charge in [0.15, 0.2) is 0 Å². The number of pyridine rings is 1. The van der Waals surface area contributed by atoms with Crippen LogP contribution in [0.2, 0.25) is 0 Å². The number of piperazine rings is 1. The lowest BCUT2D eigenvalue weighted by atomic mass is 10.1. The van der Waals surface area contributed by atoms with Crippen LogP contribution in [0.3, 0.4) is 0 Å². The Morgan fingerprint density at radius 3 is 2.65 bits per heavy atom. The fourth-order valence-electron chi connectivity index (χ4n) is 3.70. The van der Waals surface area contributed by atoms with Crippen molar-refractivity contribution in [3.63, 3.8) is 0 Å². The third-order valence-electron chi connectivity index (χ3n) is 5.08. The van der Waals surface area contributed by atoms with Gasteiger partial charge in [-0.05, 0) is 38.3 Å². The molecule has 2 atom stereocenters. The summed E-state index contributed by atoms with van der Waals surface area (Å²) in [6, 6.07) is 3.58.